The number of carbonyl (C=O) groups excluding carboxylic acids is 1. The SMILES string of the molecule is COc1ccc(CC(=O)NCc2nnc(SCc3nc4ccccc4c(=O)[nH]3)n2C)cc1. The van der Waals surface area contributed by atoms with E-state index < -0.39 is 0 Å². The number of hydrogen-bond acceptors (Lipinski definition) is 7. The number of methoxy groups -OCH3 is 1. The highest BCUT2D eigenvalue weighted by Gasteiger charge is 2.12. The second kappa shape index (κ2) is 9.65. The van der Waals surface area contributed by atoms with E-state index in [2.05, 4.69) is 25.5 Å². The van der Waals surface area contributed by atoms with Gasteiger partial charge in [0.1, 0.15) is 11.6 Å². The van der Waals surface area contributed by atoms with Gasteiger partial charge in [0, 0.05) is 7.05 Å². The zero-order valence-corrected chi connectivity index (χ0v) is 18.5. The lowest BCUT2D eigenvalue weighted by atomic mass is 10.1. The zero-order valence-electron chi connectivity index (χ0n) is 17.7. The highest BCUT2D eigenvalue weighted by Crippen LogP contribution is 2.20. The summed E-state index contributed by atoms with van der Waals surface area (Å²) in [5.41, 5.74) is 1.39. The summed E-state index contributed by atoms with van der Waals surface area (Å²) < 4.78 is 6.94. The number of benzene rings is 2. The van der Waals surface area contributed by atoms with Gasteiger partial charge in [-0.05, 0) is 29.8 Å². The van der Waals surface area contributed by atoms with Crippen molar-refractivity contribution in [2.45, 2.75) is 23.9 Å². The summed E-state index contributed by atoms with van der Waals surface area (Å²) in [6, 6.07) is 14.6. The molecule has 0 unspecified atom stereocenters. The Kier molecular flexibility index (Phi) is 6.50. The van der Waals surface area contributed by atoms with Crippen LogP contribution in [0.2, 0.25) is 0 Å². The predicted octanol–water partition coefficient (Wildman–Crippen LogP) is 2.21. The number of carbonyl (C=O) groups is 1. The normalized spacial score (nSPS) is 10.9. The fourth-order valence-electron chi connectivity index (χ4n) is 3.13. The molecule has 0 saturated carbocycles. The first kappa shape index (κ1) is 21.6. The molecule has 10 heteroatoms. The molecule has 9 nitrogen and oxygen atoms in total. The van der Waals surface area contributed by atoms with Crippen molar-refractivity contribution in [3.05, 3.63) is 76.1 Å². The second-order valence-electron chi connectivity index (χ2n) is 7.08. The van der Waals surface area contributed by atoms with Crippen LogP contribution in [0.5, 0.6) is 5.75 Å². The first-order chi connectivity index (χ1) is 15.5. The molecule has 4 rings (SSSR count). The summed E-state index contributed by atoms with van der Waals surface area (Å²) in [7, 11) is 3.44. The van der Waals surface area contributed by atoms with Crippen LogP contribution in [-0.4, -0.2) is 37.7 Å². The Morgan fingerprint density at radius 1 is 1.16 bits per heavy atom. The Bertz CT molecular complexity index is 1300. The van der Waals surface area contributed by atoms with Gasteiger partial charge in [0.2, 0.25) is 5.91 Å². The standard InChI is InChI=1S/C22H22N6O3S/c1-28-19(12-23-20(29)11-14-7-9-15(31-2)10-8-14)26-27-22(28)32-13-18-24-17-6-4-3-5-16(17)21(30)25-18/h3-10H,11-13H2,1-2H3,(H,23,29)(H,24,25,30). The fourth-order valence-corrected chi connectivity index (χ4v) is 3.93. The number of nitrogens with one attached hydrogen (secondary N) is 2. The number of aromatic nitrogens is 5. The monoisotopic (exact) mass is 450 g/mol. The Morgan fingerprint density at radius 3 is 2.72 bits per heavy atom. The molecule has 0 aliphatic carbocycles. The van der Waals surface area contributed by atoms with Crippen molar-refractivity contribution in [1.82, 2.24) is 30.0 Å². The molecule has 1 amide bonds. The highest BCUT2D eigenvalue weighted by molar-refractivity contribution is 7.98. The molecule has 0 bridgehead atoms. The summed E-state index contributed by atoms with van der Waals surface area (Å²) in [6.07, 6.45) is 0.268. The molecule has 2 aromatic heterocycles. The minimum absolute atomic E-state index is 0.106. The minimum Gasteiger partial charge on any atom is -0.497 e. The largest absolute Gasteiger partial charge is 0.497 e. The summed E-state index contributed by atoms with van der Waals surface area (Å²) in [5, 5.41) is 12.5. The molecule has 0 spiro atoms. The van der Waals surface area contributed by atoms with Gasteiger partial charge in [-0.3, -0.25) is 9.59 Å². The van der Waals surface area contributed by atoms with E-state index in [0.29, 0.717) is 33.5 Å². The van der Waals surface area contributed by atoms with Crippen molar-refractivity contribution in [2.75, 3.05) is 7.11 Å². The quantitative estimate of drug-likeness (QED) is 0.396. The maximum Gasteiger partial charge on any atom is 0.258 e. The summed E-state index contributed by atoms with van der Waals surface area (Å²) in [6.45, 7) is 0.268. The lowest BCUT2D eigenvalue weighted by molar-refractivity contribution is -0.120. The number of nitrogens with zero attached hydrogens (tertiary/aromatic N) is 4. The summed E-state index contributed by atoms with van der Waals surface area (Å²) >= 11 is 1.41. The molecule has 2 heterocycles. The Morgan fingerprint density at radius 2 is 1.94 bits per heavy atom. The number of amides is 1. The third kappa shape index (κ3) is 4.97. The number of para-hydroxylation sites is 1. The molecule has 32 heavy (non-hydrogen) atoms. The van der Waals surface area contributed by atoms with Gasteiger partial charge in [-0.25, -0.2) is 4.98 Å². The van der Waals surface area contributed by atoms with E-state index in [1.54, 1.807) is 13.2 Å². The summed E-state index contributed by atoms with van der Waals surface area (Å²) in [5.74, 6) is 2.29. The van der Waals surface area contributed by atoms with Crippen LogP contribution in [0.15, 0.2) is 58.5 Å². The van der Waals surface area contributed by atoms with Crippen molar-refractivity contribution in [1.29, 1.82) is 0 Å². The van der Waals surface area contributed by atoms with Crippen LogP contribution in [0.4, 0.5) is 0 Å². The molecule has 2 N–H and O–H groups in total. The van der Waals surface area contributed by atoms with Crippen LogP contribution in [0.3, 0.4) is 0 Å². The third-order valence-electron chi connectivity index (χ3n) is 4.89. The number of thioether (sulfide) groups is 1. The van der Waals surface area contributed by atoms with Crippen molar-refractivity contribution in [2.24, 2.45) is 7.05 Å². The number of hydrogen-bond donors (Lipinski definition) is 2. The second-order valence-corrected chi connectivity index (χ2v) is 8.02. The minimum atomic E-state index is -0.163. The number of aromatic amines is 1. The molecular formula is C22H22N6O3S. The van der Waals surface area contributed by atoms with Gasteiger partial charge in [-0.1, -0.05) is 36.0 Å². The molecule has 0 aliphatic heterocycles. The molecule has 0 atom stereocenters. The molecule has 0 radical (unpaired) electrons. The van der Waals surface area contributed by atoms with E-state index in [-0.39, 0.29) is 24.4 Å². The fraction of sp³-hybridized carbons (Fsp3) is 0.227. The summed E-state index contributed by atoms with van der Waals surface area (Å²) in [4.78, 5) is 31.8. The van der Waals surface area contributed by atoms with Crippen molar-refractivity contribution in [3.63, 3.8) is 0 Å². The molecule has 0 aliphatic rings. The van der Waals surface area contributed by atoms with Gasteiger partial charge >= 0.3 is 0 Å². The molecule has 164 valence electrons. The lowest BCUT2D eigenvalue weighted by Crippen LogP contribution is -2.26. The zero-order chi connectivity index (χ0) is 22.5. The van der Waals surface area contributed by atoms with E-state index in [9.17, 15) is 9.59 Å². The molecule has 0 fully saturated rings. The van der Waals surface area contributed by atoms with Gasteiger partial charge in [0.05, 0.1) is 36.7 Å². The van der Waals surface area contributed by atoms with E-state index in [1.807, 2.05) is 54.1 Å². The first-order valence-corrected chi connectivity index (χ1v) is 10.9. The third-order valence-corrected chi connectivity index (χ3v) is 5.92. The van der Waals surface area contributed by atoms with E-state index >= 15 is 0 Å². The predicted molar refractivity (Wildman–Crippen MR) is 121 cm³/mol. The maximum atomic E-state index is 12.3. The molecule has 4 aromatic rings. The molecule has 2 aromatic carbocycles. The highest BCUT2D eigenvalue weighted by atomic mass is 32.2. The average Bonchev–Trinajstić information content (AvgIpc) is 3.16. The molecular weight excluding hydrogens is 428 g/mol. The first-order valence-electron chi connectivity index (χ1n) is 9.92. The van der Waals surface area contributed by atoms with Gasteiger partial charge in [0.25, 0.3) is 5.56 Å². The maximum absolute atomic E-state index is 12.3. The van der Waals surface area contributed by atoms with Crippen LogP contribution >= 0.6 is 11.8 Å². The van der Waals surface area contributed by atoms with Gasteiger partial charge < -0.3 is 19.6 Å². The van der Waals surface area contributed by atoms with Crippen LogP contribution < -0.4 is 15.6 Å². The topological polar surface area (TPSA) is 115 Å². The Balaban J connectivity index is 1.34. The number of H-pyrrole nitrogens is 1. The van der Waals surface area contributed by atoms with Crippen LogP contribution in [0.1, 0.15) is 17.2 Å². The van der Waals surface area contributed by atoms with Crippen LogP contribution in [0.25, 0.3) is 10.9 Å². The van der Waals surface area contributed by atoms with Gasteiger partial charge in [-0.2, -0.15) is 0 Å². The van der Waals surface area contributed by atoms with Crippen LogP contribution in [0, 0.1) is 0 Å². The average molecular weight is 451 g/mol. The van der Waals surface area contributed by atoms with Crippen molar-refractivity contribution >= 4 is 28.6 Å². The van der Waals surface area contributed by atoms with E-state index in [4.69, 9.17) is 4.74 Å². The number of ether oxygens (including phenoxy) is 1. The Hall–Kier alpha value is -3.66. The van der Waals surface area contributed by atoms with Gasteiger partial charge in [0.15, 0.2) is 11.0 Å². The van der Waals surface area contributed by atoms with Crippen molar-refractivity contribution in [3.8, 4) is 5.75 Å². The van der Waals surface area contributed by atoms with E-state index in [1.165, 1.54) is 11.8 Å². The Labute approximate surface area is 188 Å². The number of rotatable bonds is 8. The number of fused-ring (bicyclic) bond motifs is 1. The smallest absolute Gasteiger partial charge is 0.258 e. The van der Waals surface area contributed by atoms with Crippen LogP contribution in [-0.2, 0) is 30.6 Å². The lowest BCUT2D eigenvalue weighted by Gasteiger charge is -2.07. The molecule has 0 saturated heterocycles. The van der Waals surface area contributed by atoms with Gasteiger partial charge in [-0.15, -0.1) is 10.2 Å². The van der Waals surface area contributed by atoms with Crippen molar-refractivity contribution < 1.29 is 9.53 Å². The van der Waals surface area contributed by atoms with E-state index in [0.717, 1.165) is 11.3 Å².